The van der Waals surface area contributed by atoms with E-state index in [-0.39, 0.29) is 5.75 Å². The summed E-state index contributed by atoms with van der Waals surface area (Å²) in [6.07, 6.45) is 1.84. The van der Waals surface area contributed by atoms with E-state index in [2.05, 4.69) is 11.4 Å². The lowest BCUT2D eigenvalue weighted by molar-refractivity contribution is -0.118. The molecule has 18 heavy (non-hydrogen) atoms. The Hall–Kier alpha value is -1.09. The molecule has 0 aliphatic carbocycles. The fraction of sp³-hybridized carbons (Fsp3) is 0.833. The number of unbranched alkanes of at least 4 members (excludes halogenated alkanes) is 1. The highest BCUT2D eigenvalue weighted by Gasteiger charge is 2.18. The van der Waals surface area contributed by atoms with Gasteiger partial charge in [-0.3, -0.25) is 4.79 Å². The van der Waals surface area contributed by atoms with E-state index < -0.39 is 26.9 Å². The quantitative estimate of drug-likeness (QED) is 0.675. The molecule has 1 N–H and O–H groups in total. The van der Waals surface area contributed by atoms with E-state index in [9.17, 15) is 13.2 Å². The second kappa shape index (κ2) is 7.37. The minimum atomic E-state index is -3.32. The zero-order chi connectivity index (χ0) is 14.2. The minimum Gasteiger partial charge on any atom is -0.356 e. The zero-order valence-corrected chi connectivity index (χ0v) is 12.1. The van der Waals surface area contributed by atoms with Crippen molar-refractivity contribution in [1.29, 1.82) is 5.26 Å². The molecule has 0 saturated heterocycles. The molecule has 6 heteroatoms. The zero-order valence-electron chi connectivity index (χ0n) is 11.3. The standard InChI is InChI=1S/C12H22N2O3S/c1-4-14-11(15)9-18(16,17)8-6-5-7-12(2,3)10-13/h4-9H2,1-3H3,(H,14,15). The highest BCUT2D eigenvalue weighted by atomic mass is 32.2. The van der Waals surface area contributed by atoms with Crippen LogP contribution in [0.5, 0.6) is 0 Å². The van der Waals surface area contributed by atoms with Crippen molar-refractivity contribution in [2.75, 3.05) is 18.1 Å². The number of nitrogens with one attached hydrogen (secondary N) is 1. The lowest BCUT2D eigenvalue weighted by Gasteiger charge is -2.14. The van der Waals surface area contributed by atoms with Gasteiger partial charge in [0, 0.05) is 6.54 Å². The average molecular weight is 274 g/mol. The van der Waals surface area contributed by atoms with E-state index in [1.54, 1.807) is 6.92 Å². The lowest BCUT2D eigenvalue weighted by Crippen LogP contribution is -2.31. The third-order valence-electron chi connectivity index (χ3n) is 2.53. The summed E-state index contributed by atoms with van der Waals surface area (Å²) in [7, 11) is -3.32. The Morgan fingerprint density at radius 3 is 2.44 bits per heavy atom. The van der Waals surface area contributed by atoms with E-state index in [0.717, 1.165) is 0 Å². The first kappa shape index (κ1) is 16.9. The maximum atomic E-state index is 11.6. The summed E-state index contributed by atoms with van der Waals surface area (Å²) < 4.78 is 23.2. The smallest absolute Gasteiger partial charge is 0.235 e. The predicted molar refractivity (Wildman–Crippen MR) is 70.6 cm³/mol. The van der Waals surface area contributed by atoms with Gasteiger partial charge in [-0.25, -0.2) is 8.42 Å². The van der Waals surface area contributed by atoms with Gasteiger partial charge in [0.2, 0.25) is 5.91 Å². The van der Waals surface area contributed by atoms with Crippen LogP contribution in [-0.2, 0) is 14.6 Å². The molecule has 0 saturated carbocycles. The van der Waals surface area contributed by atoms with Gasteiger partial charge in [-0.05, 0) is 33.6 Å². The Morgan fingerprint density at radius 2 is 1.94 bits per heavy atom. The van der Waals surface area contributed by atoms with Crippen molar-refractivity contribution >= 4 is 15.7 Å². The number of amides is 1. The average Bonchev–Trinajstić information content (AvgIpc) is 2.24. The Kier molecular flexibility index (Phi) is 6.92. The lowest BCUT2D eigenvalue weighted by atomic mass is 9.89. The molecule has 1 amide bonds. The van der Waals surface area contributed by atoms with Crippen molar-refractivity contribution in [2.24, 2.45) is 5.41 Å². The molecule has 0 bridgehead atoms. The van der Waals surface area contributed by atoms with Crippen molar-refractivity contribution in [3.8, 4) is 6.07 Å². The number of rotatable bonds is 8. The maximum Gasteiger partial charge on any atom is 0.235 e. The summed E-state index contributed by atoms with van der Waals surface area (Å²) in [5.74, 6) is -0.886. The van der Waals surface area contributed by atoms with Gasteiger partial charge in [0.15, 0.2) is 9.84 Å². The maximum absolute atomic E-state index is 11.6. The molecule has 0 rings (SSSR count). The number of carbonyl (C=O) groups is 1. The van der Waals surface area contributed by atoms with E-state index in [1.807, 2.05) is 13.8 Å². The van der Waals surface area contributed by atoms with Crippen LogP contribution in [0.1, 0.15) is 40.0 Å². The summed E-state index contributed by atoms with van der Waals surface area (Å²) >= 11 is 0. The van der Waals surface area contributed by atoms with E-state index in [4.69, 9.17) is 5.26 Å². The van der Waals surface area contributed by atoms with Crippen LogP contribution in [-0.4, -0.2) is 32.4 Å². The summed E-state index contributed by atoms with van der Waals surface area (Å²) in [5.41, 5.74) is -0.413. The van der Waals surface area contributed by atoms with Gasteiger partial charge in [0.25, 0.3) is 0 Å². The summed E-state index contributed by atoms with van der Waals surface area (Å²) in [6, 6.07) is 2.17. The first-order chi connectivity index (χ1) is 8.22. The second-order valence-corrected chi connectivity index (χ2v) is 7.18. The van der Waals surface area contributed by atoms with Gasteiger partial charge in [0.1, 0.15) is 5.75 Å². The molecule has 0 unspecified atom stereocenters. The molecule has 5 nitrogen and oxygen atoms in total. The van der Waals surface area contributed by atoms with Crippen molar-refractivity contribution in [1.82, 2.24) is 5.32 Å². The molecule has 0 aliphatic heterocycles. The molecule has 0 spiro atoms. The van der Waals surface area contributed by atoms with Crippen LogP contribution in [0.4, 0.5) is 0 Å². The van der Waals surface area contributed by atoms with Gasteiger partial charge < -0.3 is 5.32 Å². The van der Waals surface area contributed by atoms with Crippen LogP contribution >= 0.6 is 0 Å². The third kappa shape index (κ3) is 8.07. The third-order valence-corrected chi connectivity index (χ3v) is 4.15. The molecular weight excluding hydrogens is 252 g/mol. The van der Waals surface area contributed by atoms with Crippen LogP contribution in [0.2, 0.25) is 0 Å². The summed E-state index contributed by atoms with van der Waals surface area (Å²) in [5, 5.41) is 11.3. The molecule has 104 valence electrons. The fourth-order valence-electron chi connectivity index (χ4n) is 1.46. The van der Waals surface area contributed by atoms with Crippen molar-refractivity contribution in [2.45, 2.75) is 40.0 Å². The topological polar surface area (TPSA) is 87.0 Å². The first-order valence-corrected chi connectivity index (χ1v) is 7.93. The van der Waals surface area contributed by atoms with E-state index in [0.29, 0.717) is 25.8 Å². The Labute approximate surface area is 109 Å². The van der Waals surface area contributed by atoms with E-state index in [1.165, 1.54) is 0 Å². The number of nitrogens with zero attached hydrogens (tertiary/aromatic N) is 1. The van der Waals surface area contributed by atoms with Crippen molar-refractivity contribution in [3.63, 3.8) is 0 Å². The van der Waals surface area contributed by atoms with Gasteiger partial charge in [-0.15, -0.1) is 0 Å². The summed E-state index contributed by atoms with van der Waals surface area (Å²) in [6.45, 7) is 5.84. The fourth-order valence-corrected chi connectivity index (χ4v) is 2.75. The van der Waals surface area contributed by atoms with Crippen LogP contribution in [0, 0.1) is 16.7 Å². The number of sulfone groups is 1. The monoisotopic (exact) mass is 274 g/mol. The highest BCUT2D eigenvalue weighted by molar-refractivity contribution is 7.92. The predicted octanol–water partition coefficient (Wildman–Crippen LogP) is 1.26. The Morgan fingerprint density at radius 1 is 1.33 bits per heavy atom. The van der Waals surface area contributed by atoms with Gasteiger partial charge >= 0.3 is 0 Å². The van der Waals surface area contributed by atoms with Crippen molar-refractivity contribution in [3.05, 3.63) is 0 Å². The largest absolute Gasteiger partial charge is 0.356 e. The second-order valence-electron chi connectivity index (χ2n) is 5.00. The van der Waals surface area contributed by atoms with E-state index >= 15 is 0 Å². The van der Waals surface area contributed by atoms with Crippen LogP contribution < -0.4 is 5.32 Å². The van der Waals surface area contributed by atoms with Crippen LogP contribution in [0.3, 0.4) is 0 Å². The Balaban J connectivity index is 4.00. The number of nitriles is 1. The highest BCUT2D eigenvalue weighted by Crippen LogP contribution is 2.21. The SMILES string of the molecule is CCNC(=O)CS(=O)(=O)CCCCC(C)(C)C#N. The molecule has 0 aliphatic rings. The Bertz CT molecular complexity index is 408. The van der Waals surface area contributed by atoms with Gasteiger partial charge in [-0.2, -0.15) is 5.26 Å². The molecule has 0 fully saturated rings. The van der Waals surface area contributed by atoms with Crippen LogP contribution in [0.15, 0.2) is 0 Å². The summed E-state index contributed by atoms with van der Waals surface area (Å²) in [4.78, 5) is 11.2. The number of hydrogen-bond acceptors (Lipinski definition) is 4. The normalized spacial score (nSPS) is 11.9. The molecule has 0 atom stereocenters. The van der Waals surface area contributed by atoms with Crippen molar-refractivity contribution < 1.29 is 13.2 Å². The first-order valence-electron chi connectivity index (χ1n) is 6.11. The molecule has 0 heterocycles. The number of carbonyl (C=O) groups excluding carboxylic acids is 1. The molecule has 0 aromatic rings. The van der Waals surface area contributed by atoms with Gasteiger partial charge in [-0.1, -0.05) is 6.42 Å². The minimum absolute atomic E-state index is 0.00560. The number of hydrogen-bond donors (Lipinski definition) is 1. The van der Waals surface area contributed by atoms with Gasteiger partial charge in [0.05, 0.1) is 17.2 Å². The molecule has 0 aromatic heterocycles. The van der Waals surface area contributed by atoms with Crippen LogP contribution in [0.25, 0.3) is 0 Å². The molecular formula is C12H22N2O3S. The molecule has 0 aromatic carbocycles. The molecule has 0 radical (unpaired) electrons.